The number of fused-ring (bicyclic) bond motifs is 1. The van der Waals surface area contributed by atoms with Gasteiger partial charge >= 0.3 is 0 Å². The minimum atomic E-state index is 0.469. The van der Waals surface area contributed by atoms with Gasteiger partial charge in [-0.25, -0.2) is 4.52 Å². The average Bonchev–Trinajstić information content (AvgIpc) is 2.48. The minimum Gasteiger partial charge on any atom is -0.397 e. The van der Waals surface area contributed by atoms with Crippen molar-refractivity contribution in [1.29, 1.82) is 0 Å². The van der Waals surface area contributed by atoms with Gasteiger partial charge in [-0.05, 0) is 24.1 Å². The van der Waals surface area contributed by atoms with E-state index in [2.05, 4.69) is 25.0 Å². The molecule has 0 aliphatic rings. The maximum absolute atomic E-state index is 5.81. The van der Waals surface area contributed by atoms with E-state index in [9.17, 15) is 0 Å². The Morgan fingerprint density at radius 3 is 2.77 bits per heavy atom. The third-order valence-electron chi connectivity index (χ3n) is 2.21. The number of nitrogens with zero attached hydrogens (tertiary/aromatic N) is 2. The van der Waals surface area contributed by atoms with Gasteiger partial charge in [0.1, 0.15) is 0 Å². The molecule has 3 nitrogen and oxygen atoms in total. The van der Waals surface area contributed by atoms with Crippen molar-refractivity contribution in [2.45, 2.75) is 19.8 Å². The molecular formula is C10H13N3. The van der Waals surface area contributed by atoms with Crippen molar-refractivity contribution >= 4 is 11.2 Å². The van der Waals surface area contributed by atoms with E-state index in [0.29, 0.717) is 5.92 Å². The summed E-state index contributed by atoms with van der Waals surface area (Å²) in [6.07, 6.45) is 1.73. The minimum absolute atomic E-state index is 0.469. The van der Waals surface area contributed by atoms with E-state index in [4.69, 9.17) is 5.73 Å². The zero-order valence-corrected chi connectivity index (χ0v) is 7.86. The summed E-state index contributed by atoms with van der Waals surface area (Å²) in [5.41, 5.74) is 8.78. The molecule has 2 aromatic heterocycles. The Kier molecular flexibility index (Phi) is 1.72. The number of nitrogen functional groups attached to an aromatic ring is 1. The normalized spacial score (nSPS) is 11.3. The molecule has 0 saturated carbocycles. The van der Waals surface area contributed by atoms with E-state index in [0.717, 1.165) is 11.2 Å². The molecule has 2 aromatic rings. The van der Waals surface area contributed by atoms with Crippen LogP contribution in [0, 0.1) is 0 Å². The third-order valence-corrected chi connectivity index (χ3v) is 2.21. The lowest BCUT2D eigenvalue weighted by molar-refractivity contribution is 0.759. The molecular weight excluding hydrogens is 162 g/mol. The van der Waals surface area contributed by atoms with Crippen LogP contribution in [0.2, 0.25) is 0 Å². The summed E-state index contributed by atoms with van der Waals surface area (Å²) in [7, 11) is 0. The molecule has 0 saturated heterocycles. The van der Waals surface area contributed by atoms with Crippen LogP contribution in [0.25, 0.3) is 5.52 Å². The van der Waals surface area contributed by atoms with Crippen LogP contribution in [0.5, 0.6) is 0 Å². The van der Waals surface area contributed by atoms with Gasteiger partial charge in [0.2, 0.25) is 0 Å². The lowest BCUT2D eigenvalue weighted by atomic mass is 10.1. The summed E-state index contributed by atoms with van der Waals surface area (Å²) in [6, 6.07) is 5.90. The van der Waals surface area contributed by atoms with Gasteiger partial charge in [0.25, 0.3) is 0 Å². The predicted octanol–water partition coefficient (Wildman–Crippen LogP) is 2.04. The molecule has 3 heteroatoms. The van der Waals surface area contributed by atoms with Crippen LogP contribution in [0.1, 0.15) is 25.5 Å². The second kappa shape index (κ2) is 2.76. The predicted molar refractivity (Wildman–Crippen MR) is 53.7 cm³/mol. The fourth-order valence-corrected chi connectivity index (χ4v) is 1.49. The second-order valence-electron chi connectivity index (χ2n) is 3.50. The number of anilines is 1. The van der Waals surface area contributed by atoms with Crippen LogP contribution >= 0.6 is 0 Å². The molecule has 68 valence electrons. The standard InChI is InChI=1S/C10H13N3/c1-7(2)9-3-4-10-8(11)5-6-12-13(9)10/h3-7H,11H2,1-2H3. The van der Waals surface area contributed by atoms with Gasteiger partial charge in [0.05, 0.1) is 11.2 Å². The van der Waals surface area contributed by atoms with Gasteiger partial charge < -0.3 is 5.73 Å². The highest BCUT2D eigenvalue weighted by Gasteiger charge is 2.07. The first-order valence-corrected chi connectivity index (χ1v) is 4.42. The van der Waals surface area contributed by atoms with Crippen molar-refractivity contribution in [3.05, 3.63) is 30.1 Å². The Labute approximate surface area is 77.2 Å². The van der Waals surface area contributed by atoms with Crippen LogP contribution < -0.4 is 5.73 Å². The van der Waals surface area contributed by atoms with Crippen LogP contribution in [-0.4, -0.2) is 9.61 Å². The smallest absolute Gasteiger partial charge is 0.0879 e. The Balaban J connectivity index is 2.75. The quantitative estimate of drug-likeness (QED) is 0.720. The number of hydrogen-bond donors (Lipinski definition) is 1. The van der Waals surface area contributed by atoms with E-state index < -0.39 is 0 Å². The molecule has 0 radical (unpaired) electrons. The van der Waals surface area contributed by atoms with Gasteiger partial charge in [0.15, 0.2) is 0 Å². The summed E-state index contributed by atoms with van der Waals surface area (Å²) in [5.74, 6) is 0.469. The van der Waals surface area contributed by atoms with Crippen molar-refractivity contribution in [2.75, 3.05) is 5.73 Å². The molecule has 0 unspecified atom stereocenters. The van der Waals surface area contributed by atoms with E-state index >= 15 is 0 Å². The fourth-order valence-electron chi connectivity index (χ4n) is 1.49. The zero-order valence-electron chi connectivity index (χ0n) is 7.86. The Morgan fingerprint density at radius 2 is 2.08 bits per heavy atom. The van der Waals surface area contributed by atoms with Crippen LogP contribution in [0.15, 0.2) is 24.4 Å². The monoisotopic (exact) mass is 175 g/mol. The first kappa shape index (κ1) is 8.10. The molecule has 0 aromatic carbocycles. The summed E-state index contributed by atoms with van der Waals surface area (Å²) >= 11 is 0. The van der Waals surface area contributed by atoms with E-state index in [1.165, 1.54) is 5.69 Å². The Morgan fingerprint density at radius 1 is 1.31 bits per heavy atom. The number of rotatable bonds is 1. The van der Waals surface area contributed by atoms with Gasteiger partial charge in [-0.15, -0.1) is 0 Å². The van der Waals surface area contributed by atoms with Crippen molar-refractivity contribution in [3.8, 4) is 0 Å². The summed E-state index contributed by atoms with van der Waals surface area (Å²) < 4.78 is 1.90. The molecule has 0 atom stereocenters. The number of aromatic nitrogens is 2. The van der Waals surface area contributed by atoms with E-state index in [1.54, 1.807) is 6.20 Å². The molecule has 0 spiro atoms. The van der Waals surface area contributed by atoms with E-state index in [1.807, 2.05) is 16.6 Å². The third kappa shape index (κ3) is 1.16. The average molecular weight is 175 g/mol. The molecule has 0 aliphatic heterocycles. The summed E-state index contributed by atoms with van der Waals surface area (Å²) in [6.45, 7) is 4.29. The Hall–Kier alpha value is -1.51. The van der Waals surface area contributed by atoms with Crippen LogP contribution in [0.4, 0.5) is 5.69 Å². The maximum atomic E-state index is 5.81. The number of nitrogens with two attached hydrogens (primary N) is 1. The summed E-state index contributed by atoms with van der Waals surface area (Å²) in [4.78, 5) is 0. The van der Waals surface area contributed by atoms with E-state index in [-0.39, 0.29) is 0 Å². The largest absolute Gasteiger partial charge is 0.397 e. The maximum Gasteiger partial charge on any atom is 0.0879 e. The molecule has 13 heavy (non-hydrogen) atoms. The van der Waals surface area contributed by atoms with Crippen molar-refractivity contribution in [3.63, 3.8) is 0 Å². The lowest BCUT2D eigenvalue weighted by Crippen LogP contribution is -2.00. The molecule has 0 aliphatic carbocycles. The van der Waals surface area contributed by atoms with Gasteiger partial charge in [-0.1, -0.05) is 13.8 Å². The SMILES string of the molecule is CC(C)c1ccc2c(N)ccnn12. The van der Waals surface area contributed by atoms with Crippen molar-refractivity contribution < 1.29 is 0 Å². The highest BCUT2D eigenvalue weighted by molar-refractivity contribution is 5.69. The lowest BCUT2D eigenvalue weighted by Gasteiger charge is -2.05. The Bertz CT molecular complexity index is 429. The van der Waals surface area contributed by atoms with Gasteiger partial charge in [-0.3, -0.25) is 0 Å². The van der Waals surface area contributed by atoms with Crippen molar-refractivity contribution in [1.82, 2.24) is 9.61 Å². The van der Waals surface area contributed by atoms with Gasteiger partial charge in [-0.2, -0.15) is 5.10 Å². The first-order valence-electron chi connectivity index (χ1n) is 4.42. The molecule has 2 heterocycles. The van der Waals surface area contributed by atoms with Gasteiger partial charge in [0, 0.05) is 11.9 Å². The number of hydrogen-bond acceptors (Lipinski definition) is 2. The molecule has 2 rings (SSSR count). The zero-order chi connectivity index (χ0) is 9.42. The molecule has 0 bridgehead atoms. The fraction of sp³-hybridized carbons (Fsp3) is 0.300. The van der Waals surface area contributed by atoms with Crippen molar-refractivity contribution in [2.24, 2.45) is 0 Å². The second-order valence-corrected chi connectivity index (χ2v) is 3.50. The molecule has 0 fully saturated rings. The molecule has 2 N–H and O–H groups in total. The molecule has 0 amide bonds. The summed E-state index contributed by atoms with van der Waals surface area (Å²) in [5, 5.41) is 4.26. The highest BCUT2D eigenvalue weighted by atomic mass is 15.2. The van der Waals surface area contributed by atoms with Crippen LogP contribution in [-0.2, 0) is 0 Å². The highest BCUT2D eigenvalue weighted by Crippen LogP contribution is 2.20. The first-order chi connectivity index (χ1) is 6.20. The topological polar surface area (TPSA) is 43.3 Å². The van der Waals surface area contributed by atoms with Crippen LogP contribution in [0.3, 0.4) is 0 Å².